The highest BCUT2D eigenvalue weighted by molar-refractivity contribution is 7.92. The van der Waals surface area contributed by atoms with Crippen LogP contribution in [0.1, 0.15) is 5.69 Å². The van der Waals surface area contributed by atoms with Gasteiger partial charge in [-0.2, -0.15) is 0 Å². The number of aromatic nitrogens is 2. The molecule has 0 amide bonds. The Hall–Kier alpha value is -2.02. The van der Waals surface area contributed by atoms with E-state index >= 15 is 0 Å². The zero-order chi connectivity index (χ0) is 15.1. The van der Waals surface area contributed by atoms with Gasteiger partial charge in [-0.25, -0.2) is 13.4 Å². The molecule has 0 unspecified atom stereocenters. The van der Waals surface area contributed by atoms with E-state index in [0.717, 1.165) is 23.3 Å². The van der Waals surface area contributed by atoms with E-state index in [1.165, 1.54) is 11.4 Å². The molecule has 0 bridgehead atoms. The predicted octanol–water partition coefficient (Wildman–Crippen LogP) is 1.37. The van der Waals surface area contributed by atoms with Crippen molar-refractivity contribution in [3.63, 3.8) is 0 Å². The van der Waals surface area contributed by atoms with Gasteiger partial charge in [-0.1, -0.05) is 0 Å². The van der Waals surface area contributed by atoms with Crippen LogP contribution in [0.15, 0.2) is 24.4 Å². The first kappa shape index (κ1) is 14.4. The summed E-state index contributed by atoms with van der Waals surface area (Å²) in [5.41, 5.74) is 8.58. The SMILES string of the molecule is Cc1cnc(-c2ccc(N)c(N(C)S(C)(=O)=O)c2)n1C. The van der Waals surface area contributed by atoms with Gasteiger partial charge in [0.05, 0.1) is 17.6 Å². The lowest BCUT2D eigenvalue weighted by Gasteiger charge is -2.19. The summed E-state index contributed by atoms with van der Waals surface area (Å²) in [7, 11) is 0.0352. The lowest BCUT2D eigenvalue weighted by Crippen LogP contribution is -2.25. The van der Waals surface area contributed by atoms with E-state index in [-0.39, 0.29) is 0 Å². The molecule has 0 aliphatic carbocycles. The van der Waals surface area contributed by atoms with Gasteiger partial charge in [-0.05, 0) is 25.1 Å². The van der Waals surface area contributed by atoms with E-state index in [4.69, 9.17) is 5.73 Å². The van der Waals surface area contributed by atoms with Crippen molar-refractivity contribution in [2.45, 2.75) is 6.92 Å². The predicted molar refractivity (Wildman–Crippen MR) is 81.0 cm³/mol. The molecule has 108 valence electrons. The fourth-order valence-corrected chi connectivity index (χ4v) is 2.41. The van der Waals surface area contributed by atoms with Gasteiger partial charge in [0.2, 0.25) is 10.0 Å². The Kier molecular flexibility index (Phi) is 3.47. The maximum atomic E-state index is 11.7. The average molecular weight is 294 g/mol. The summed E-state index contributed by atoms with van der Waals surface area (Å²) in [5.74, 6) is 0.769. The number of aryl methyl sites for hydroxylation is 1. The molecular formula is C13H18N4O2S. The van der Waals surface area contributed by atoms with Gasteiger partial charge in [-0.3, -0.25) is 4.31 Å². The molecule has 1 aromatic carbocycles. The maximum Gasteiger partial charge on any atom is 0.232 e. The van der Waals surface area contributed by atoms with Crippen molar-refractivity contribution in [2.24, 2.45) is 7.05 Å². The smallest absolute Gasteiger partial charge is 0.232 e. The summed E-state index contributed by atoms with van der Waals surface area (Å²) in [6.45, 7) is 1.96. The van der Waals surface area contributed by atoms with E-state index in [9.17, 15) is 8.42 Å². The molecule has 0 saturated heterocycles. The summed E-state index contributed by atoms with van der Waals surface area (Å²) in [6, 6.07) is 5.26. The number of hydrogen-bond acceptors (Lipinski definition) is 4. The second-order valence-electron chi connectivity index (χ2n) is 4.79. The van der Waals surface area contributed by atoms with E-state index in [1.807, 2.05) is 24.6 Å². The molecule has 0 aliphatic rings. The third-order valence-electron chi connectivity index (χ3n) is 3.35. The molecule has 0 spiro atoms. The van der Waals surface area contributed by atoms with Gasteiger partial charge in [0.15, 0.2) is 0 Å². The molecule has 20 heavy (non-hydrogen) atoms. The van der Waals surface area contributed by atoms with Crippen molar-refractivity contribution in [1.29, 1.82) is 0 Å². The van der Waals surface area contributed by atoms with Crippen molar-refractivity contribution < 1.29 is 8.42 Å². The van der Waals surface area contributed by atoms with Crippen molar-refractivity contribution in [3.05, 3.63) is 30.1 Å². The Morgan fingerprint density at radius 2 is 2.00 bits per heavy atom. The first-order chi connectivity index (χ1) is 9.21. The van der Waals surface area contributed by atoms with E-state index in [0.29, 0.717) is 11.4 Å². The Balaban J connectivity index is 2.57. The Morgan fingerprint density at radius 3 is 2.50 bits per heavy atom. The van der Waals surface area contributed by atoms with E-state index in [1.54, 1.807) is 18.3 Å². The van der Waals surface area contributed by atoms with Crippen LogP contribution in [0.2, 0.25) is 0 Å². The lowest BCUT2D eigenvalue weighted by molar-refractivity contribution is 0.600. The number of imidazole rings is 1. The third kappa shape index (κ3) is 2.49. The Labute approximate surface area is 118 Å². The molecule has 0 fully saturated rings. The first-order valence-electron chi connectivity index (χ1n) is 6.04. The van der Waals surface area contributed by atoms with Crippen LogP contribution < -0.4 is 10.0 Å². The fraction of sp³-hybridized carbons (Fsp3) is 0.308. The molecule has 0 saturated carbocycles. The molecule has 2 aromatic rings. The minimum absolute atomic E-state index is 0.410. The number of benzene rings is 1. The zero-order valence-electron chi connectivity index (χ0n) is 12.0. The number of nitrogens with zero attached hydrogens (tertiary/aromatic N) is 3. The van der Waals surface area contributed by atoms with E-state index < -0.39 is 10.0 Å². The summed E-state index contributed by atoms with van der Waals surface area (Å²) in [6.07, 6.45) is 2.91. The van der Waals surface area contributed by atoms with Crippen molar-refractivity contribution >= 4 is 21.4 Å². The second kappa shape index (κ2) is 4.82. The number of nitrogen functional groups attached to an aromatic ring is 1. The first-order valence-corrected chi connectivity index (χ1v) is 7.88. The van der Waals surface area contributed by atoms with Crippen molar-refractivity contribution in [1.82, 2.24) is 9.55 Å². The average Bonchev–Trinajstić information content (AvgIpc) is 2.69. The van der Waals surface area contributed by atoms with Gasteiger partial charge < -0.3 is 10.3 Å². The molecule has 1 aromatic heterocycles. The van der Waals surface area contributed by atoms with Gasteiger partial charge >= 0.3 is 0 Å². The number of anilines is 2. The molecule has 2 N–H and O–H groups in total. The quantitative estimate of drug-likeness (QED) is 0.867. The molecule has 1 heterocycles. The lowest BCUT2D eigenvalue weighted by atomic mass is 10.1. The van der Waals surface area contributed by atoms with Crippen LogP contribution in [0.3, 0.4) is 0 Å². The maximum absolute atomic E-state index is 11.7. The molecule has 7 heteroatoms. The third-order valence-corrected chi connectivity index (χ3v) is 4.54. The number of nitrogens with two attached hydrogens (primary N) is 1. The van der Waals surface area contributed by atoms with Gasteiger partial charge in [0, 0.05) is 31.5 Å². The normalized spacial score (nSPS) is 11.6. The van der Waals surface area contributed by atoms with Gasteiger partial charge in [0.25, 0.3) is 0 Å². The van der Waals surface area contributed by atoms with Gasteiger partial charge in [0.1, 0.15) is 5.82 Å². The standard InChI is InChI=1S/C13H18N4O2S/c1-9-8-15-13(16(9)2)10-5-6-11(14)12(7-10)17(3)20(4,18)19/h5-8H,14H2,1-4H3. The molecular weight excluding hydrogens is 276 g/mol. The van der Waals surface area contributed by atoms with E-state index in [2.05, 4.69) is 4.98 Å². The number of sulfonamides is 1. The van der Waals surface area contributed by atoms with Crippen molar-refractivity contribution in [2.75, 3.05) is 23.3 Å². The minimum Gasteiger partial charge on any atom is -0.397 e. The summed E-state index contributed by atoms with van der Waals surface area (Å²) in [4.78, 5) is 4.33. The fourth-order valence-electron chi connectivity index (χ4n) is 1.90. The highest BCUT2D eigenvalue weighted by atomic mass is 32.2. The van der Waals surface area contributed by atoms with Crippen LogP contribution in [-0.2, 0) is 17.1 Å². The molecule has 0 atom stereocenters. The number of hydrogen-bond donors (Lipinski definition) is 1. The zero-order valence-corrected chi connectivity index (χ0v) is 12.8. The Morgan fingerprint density at radius 1 is 1.35 bits per heavy atom. The molecule has 0 aliphatic heterocycles. The highest BCUT2D eigenvalue weighted by Crippen LogP contribution is 2.30. The molecule has 0 radical (unpaired) electrons. The van der Waals surface area contributed by atoms with Crippen LogP contribution >= 0.6 is 0 Å². The highest BCUT2D eigenvalue weighted by Gasteiger charge is 2.16. The largest absolute Gasteiger partial charge is 0.397 e. The summed E-state index contributed by atoms with van der Waals surface area (Å²) >= 11 is 0. The van der Waals surface area contributed by atoms with Crippen LogP contribution in [-0.4, -0.2) is 31.3 Å². The van der Waals surface area contributed by atoms with Crippen LogP contribution in [0.5, 0.6) is 0 Å². The van der Waals surface area contributed by atoms with Crippen LogP contribution in [0.4, 0.5) is 11.4 Å². The van der Waals surface area contributed by atoms with Crippen LogP contribution in [0.25, 0.3) is 11.4 Å². The molecule has 2 rings (SSSR count). The van der Waals surface area contributed by atoms with Gasteiger partial charge in [-0.15, -0.1) is 0 Å². The van der Waals surface area contributed by atoms with Crippen molar-refractivity contribution in [3.8, 4) is 11.4 Å². The topological polar surface area (TPSA) is 81.2 Å². The number of rotatable bonds is 3. The minimum atomic E-state index is -3.36. The molecule has 6 nitrogen and oxygen atoms in total. The second-order valence-corrected chi connectivity index (χ2v) is 6.80. The summed E-state index contributed by atoms with van der Waals surface area (Å²) < 4.78 is 26.4. The Bertz CT molecular complexity index is 750. The monoisotopic (exact) mass is 294 g/mol. The summed E-state index contributed by atoms with van der Waals surface area (Å²) in [5, 5.41) is 0. The van der Waals surface area contributed by atoms with Crippen LogP contribution in [0, 0.1) is 6.92 Å².